The van der Waals surface area contributed by atoms with Gasteiger partial charge in [-0.15, -0.1) is 0 Å². The van der Waals surface area contributed by atoms with E-state index in [2.05, 4.69) is 43.7 Å². The third-order valence-corrected chi connectivity index (χ3v) is 5.11. The molecule has 0 saturated carbocycles. The molecule has 2 N–H and O–H groups in total. The number of aromatic nitrogens is 2. The molecule has 0 spiro atoms. The predicted octanol–water partition coefficient (Wildman–Crippen LogP) is 3.48. The first kappa shape index (κ1) is 20.4. The molecule has 2 heterocycles. The van der Waals surface area contributed by atoms with Crippen molar-refractivity contribution in [1.82, 2.24) is 20.2 Å². The minimum absolute atomic E-state index is 0.475. The van der Waals surface area contributed by atoms with Crippen LogP contribution in [0.4, 0.5) is 14.7 Å². The average molecular weight is 409 g/mol. The first-order valence-corrected chi connectivity index (χ1v) is 10.2. The second kappa shape index (κ2) is 9.73. The van der Waals surface area contributed by atoms with Gasteiger partial charge in [0.05, 0.1) is 5.69 Å². The molecule has 0 radical (unpaired) electrons. The van der Waals surface area contributed by atoms with E-state index in [4.69, 9.17) is 0 Å². The van der Waals surface area contributed by atoms with Gasteiger partial charge in [-0.3, -0.25) is 4.90 Å². The van der Waals surface area contributed by atoms with E-state index in [1.165, 1.54) is 17.7 Å². The summed E-state index contributed by atoms with van der Waals surface area (Å²) in [6, 6.07) is 13.9. The summed E-state index contributed by atoms with van der Waals surface area (Å²) in [4.78, 5) is 11.3. The SMILES string of the molecule is Fc1cc(F)cc(CCNc2nccc(-c3cccc(CN4CCNCC4)c3)n2)c1. The van der Waals surface area contributed by atoms with Crippen LogP contribution < -0.4 is 10.6 Å². The Balaban J connectivity index is 1.39. The van der Waals surface area contributed by atoms with Crippen LogP contribution in [0.3, 0.4) is 0 Å². The minimum Gasteiger partial charge on any atom is -0.354 e. The fraction of sp³-hybridized carbons (Fsp3) is 0.304. The first-order valence-electron chi connectivity index (χ1n) is 10.2. The molecule has 3 aromatic rings. The molecule has 0 aliphatic carbocycles. The van der Waals surface area contributed by atoms with E-state index in [1.807, 2.05) is 12.1 Å². The van der Waals surface area contributed by atoms with Crippen molar-refractivity contribution in [2.24, 2.45) is 0 Å². The van der Waals surface area contributed by atoms with Crippen molar-refractivity contribution < 1.29 is 8.78 Å². The van der Waals surface area contributed by atoms with Gasteiger partial charge in [0.2, 0.25) is 5.95 Å². The fourth-order valence-electron chi connectivity index (χ4n) is 3.64. The van der Waals surface area contributed by atoms with E-state index in [0.29, 0.717) is 24.5 Å². The quantitative estimate of drug-likeness (QED) is 0.626. The second-order valence-electron chi connectivity index (χ2n) is 7.45. The summed E-state index contributed by atoms with van der Waals surface area (Å²) in [6.45, 7) is 5.58. The number of rotatable bonds is 7. The summed E-state index contributed by atoms with van der Waals surface area (Å²) >= 11 is 0. The molecule has 0 bridgehead atoms. The Morgan fingerprint density at radius 1 is 0.967 bits per heavy atom. The van der Waals surface area contributed by atoms with Crippen molar-refractivity contribution in [3.63, 3.8) is 0 Å². The minimum atomic E-state index is -0.566. The Labute approximate surface area is 175 Å². The summed E-state index contributed by atoms with van der Waals surface area (Å²) < 4.78 is 26.6. The molecule has 1 aromatic heterocycles. The highest BCUT2D eigenvalue weighted by Crippen LogP contribution is 2.20. The molecule has 156 valence electrons. The van der Waals surface area contributed by atoms with Crippen LogP contribution in [0.2, 0.25) is 0 Å². The zero-order valence-electron chi connectivity index (χ0n) is 16.7. The highest BCUT2D eigenvalue weighted by Gasteiger charge is 2.11. The zero-order chi connectivity index (χ0) is 20.8. The second-order valence-corrected chi connectivity index (χ2v) is 7.45. The molecule has 0 atom stereocenters. The Morgan fingerprint density at radius 2 is 1.77 bits per heavy atom. The maximum Gasteiger partial charge on any atom is 0.223 e. The molecular weight excluding hydrogens is 384 g/mol. The lowest BCUT2D eigenvalue weighted by Gasteiger charge is -2.27. The summed E-state index contributed by atoms with van der Waals surface area (Å²) in [6.07, 6.45) is 2.19. The summed E-state index contributed by atoms with van der Waals surface area (Å²) in [5.41, 5.74) is 3.74. The Hall–Kier alpha value is -2.90. The molecule has 4 rings (SSSR count). The average Bonchev–Trinajstić information content (AvgIpc) is 2.74. The topological polar surface area (TPSA) is 53.1 Å². The normalized spacial score (nSPS) is 14.6. The van der Waals surface area contributed by atoms with Crippen LogP contribution in [0.25, 0.3) is 11.3 Å². The van der Waals surface area contributed by atoms with Gasteiger partial charge in [-0.2, -0.15) is 0 Å². The van der Waals surface area contributed by atoms with Crippen molar-refractivity contribution in [1.29, 1.82) is 0 Å². The standard InChI is InChI=1S/C23H25F2N5/c24-20-13-17(14-21(25)15-20)4-6-27-23-28-7-5-22(29-23)19-3-1-2-18(12-19)16-30-10-8-26-9-11-30/h1-3,5,7,12-15,26H,4,6,8-11,16H2,(H,27,28,29). The van der Waals surface area contributed by atoms with Crippen LogP contribution in [0.1, 0.15) is 11.1 Å². The third kappa shape index (κ3) is 5.58. The van der Waals surface area contributed by atoms with Gasteiger partial charge < -0.3 is 10.6 Å². The number of halogens is 2. The molecule has 0 unspecified atom stereocenters. The van der Waals surface area contributed by atoms with Crippen molar-refractivity contribution in [2.75, 3.05) is 38.0 Å². The Morgan fingerprint density at radius 3 is 2.57 bits per heavy atom. The van der Waals surface area contributed by atoms with Crippen LogP contribution in [0.15, 0.2) is 54.7 Å². The highest BCUT2D eigenvalue weighted by atomic mass is 19.1. The van der Waals surface area contributed by atoms with E-state index in [0.717, 1.165) is 50.0 Å². The molecule has 1 aliphatic rings. The maximum absolute atomic E-state index is 13.3. The van der Waals surface area contributed by atoms with E-state index in [9.17, 15) is 8.78 Å². The summed E-state index contributed by atoms with van der Waals surface area (Å²) in [5, 5.41) is 6.51. The number of nitrogens with zero attached hydrogens (tertiary/aromatic N) is 3. The molecule has 7 heteroatoms. The van der Waals surface area contributed by atoms with Crippen LogP contribution in [-0.2, 0) is 13.0 Å². The smallest absolute Gasteiger partial charge is 0.223 e. The predicted molar refractivity (Wildman–Crippen MR) is 114 cm³/mol. The molecule has 1 saturated heterocycles. The molecule has 1 fully saturated rings. The van der Waals surface area contributed by atoms with Gasteiger partial charge in [0.1, 0.15) is 11.6 Å². The molecule has 5 nitrogen and oxygen atoms in total. The molecule has 2 aromatic carbocycles. The van der Waals surface area contributed by atoms with Crippen molar-refractivity contribution >= 4 is 5.95 Å². The highest BCUT2D eigenvalue weighted by molar-refractivity contribution is 5.60. The lowest BCUT2D eigenvalue weighted by Crippen LogP contribution is -2.42. The fourth-order valence-corrected chi connectivity index (χ4v) is 3.64. The largest absolute Gasteiger partial charge is 0.354 e. The molecular formula is C23H25F2N5. The van der Waals surface area contributed by atoms with Crippen LogP contribution in [0.5, 0.6) is 0 Å². The van der Waals surface area contributed by atoms with Crippen molar-refractivity contribution in [2.45, 2.75) is 13.0 Å². The Bertz CT molecular complexity index is 969. The van der Waals surface area contributed by atoms with Crippen LogP contribution >= 0.6 is 0 Å². The van der Waals surface area contributed by atoms with Gasteiger partial charge in [-0.1, -0.05) is 18.2 Å². The van der Waals surface area contributed by atoms with Gasteiger partial charge in [-0.25, -0.2) is 18.7 Å². The third-order valence-electron chi connectivity index (χ3n) is 5.11. The number of benzene rings is 2. The van der Waals surface area contributed by atoms with Gasteiger partial charge in [0.25, 0.3) is 0 Å². The van der Waals surface area contributed by atoms with Crippen molar-refractivity contribution in [3.8, 4) is 11.3 Å². The van der Waals surface area contributed by atoms with Crippen LogP contribution in [-0.4, -0.2) is 47.6 Å². The van der Waals surface area contributed by atoms with Gasteiger partial charge in [0.15, 0.2) is 0 Å². The summed E-state index contributed by atoms with van der Waals surface area (Å²) in [7, 11) is 0. The lowest BCUT2D eigenvalue weighted by molar-refractivity contribution is 0.233. The number of hydrogen-bond donors (Lipinski definition) is 2. The van der Waals surface area contributed by atoms with E-state index in [-0.39, 0.29) is 0 Å². The van der Waals surface area contributed by atoms with Crippen LogP contribution in [0, 0.1) is 11.6 Å². The van der Waals surface area contributed by atoms with Crippen molar-refractivity contribution in [3.05, 3.63) is 77.5 Å². The number of piperazine rings is 1. The molecule has 0 amide bonds. The van der Waals surface area contributed by atoms with Gasteiger partial charge in [0, 0.05) is 57.1 Å². The zero-order valence-corrected chi connectivity index (χ0v) is 16.7. The number of anilines is 1. The monoisotopic (exact) mass is 409 g/mol. The van der Waals surface area contributed by atoms with Gasteiger partial charge >= 0.3 is 0 Å². The summed E-state index contributed by atoms with van der Waals surface area (Å²) in [5.74, 6) is -0.634. The van der Waals surface area contributed by atoms with Gasteiger partial charge in [-0.05, 0) is 41.8 Å². The number of hydrogen-bond acceptors (Lipinski definition) is 5. The first-order chi connectivity index (χ1) is 14.7. The van der Waals surface area contributed by atoms with E-state index in [1.54, 1.807) is 6.20 Å². The lowest BCUT2D eigenvalue weighted by atomic mass is 10.1. The van der Waals surface area contributed by atoms with E-state index < -0.39 is 11.6 Å². The maximum atomic E-state index is 13.3. The Kier molecular flexibility index (Phi) is 6.61. The molecule has 30 heavy (non-hydrogen) atoms. The van der Waals surface area contributed by atoms with E-state index >= 15 is 0 Å². The molecule has 1 aliphatic heterocycles. The number of nitrogens with one attached hydrogen (secondary N) is 2.